The quantitative estimate of drug-likeness (QED) is 0.696. The fourth-order valence-corrected chi connectivity index (χ4v) is 4.04. The molecule has 1 aromatic carbocycles. The molecule has 27 heavy (non-hydrogen) atoms. The summed E-state index contributed by atoms with van der Waals surface area (Å²) >= 11 is 12.4. The fourth-order valence-electron chi connectivity index (χ4n) is 3.63. The highest BCUT2D eigenvalue weighted by molar-refractivity contribution is 6.35. The Morgan fingerprint density at radius 2 is 1.78 bits per heavy atom. The number of likely N-dealkylation sites (tertiary alicyclic amines) is 1. The number of halogens is 2. The predicted molar refractivity (Wildman–Crippen MR) is 109 cm³/mol. The lowest BCUT2D eigenvalue weighted by Gasteiger charge is -2.39. The van der Waals surface area contributed by atoms with Gasteiger partial charge in [0, 0.05) is 50.7 Å². The number of carbonyl (C=O) groups is 2. The fraction of sp³-hybridized carbons (Fsp3) is 0.550. The van der Waals surface area contributed by atoms with Crippen LogP contribution in [0, 0.1) is 11.8 Å². The Bertz CT molecular complexity index is 699. The van der Waals surface area contributed by atoms with Crippen LogP contribution in [-0.4, -0.2) is 60.9 Å². The second-order valence-corrected chi connectivity index (χ2v) is 8.48. The van der Waals surface area contributed by atoms with E-state index in [4.69, 9.17) is 23.2 Å². The first kappa shape index (κ1) is 20.4. The number of imide groups is 1. The first-order valence-electron chi connectivity index (χ1n) is 9.44. The summed E-state index contributed by atoms with van der Waals surface area (Å²) in [5, 5.41) is 1.38. The molecule has 0 bridgehead atoms. The Morgan fingerprint density at radius 1 is 1.07 bits per heavy atom. The van der Waals surface area contributed by atoms with Crippen molar-refractivity contribution in [3.05, 3.63) is 34.7 Å². The van der Waals surface area contributed by atoms with Crippen LogP contribution in [0.25, 0.3) is 0 Å². The average Bonchev–Trinajstić information content (AvgIpc) is 2.63. The van der Waals surface area contributed by atoms with Gasteiger partial charge >= 0.3 is 0 Å². The zero-order valence-electron chi connectivity index (χ0n) is 15.9. The molecule has 1 radical (unpaired) electrons. The Kier molecular flexibility index (Phi) is 6.34. The van der Waals surface area contributed by atoms with Crippen LogP contribution in [-0.2, 0) is 9.59 Å². The van der Waals surface area contributed by atoms with E-state index < -0.39 is 0 Å². The van der Waals surface area contributed by atoms with Crippen molar-refractivity contribution >= 4 is 40.7 Å². The summed E-state index contributed by atoms with van der Waals surface area (Å²) in [6.07, 6.45) is 2.93. The molecule has 0 aliphatic carbocycles. The third-order valence-electron chi connectivity index (χ3n) is 5.66. The minimum absolute atomic E-state index is 0.0591. The highest BCUT2D eigenvalue weighted by atomic mass is 35.5. The number of amides is 2. The van der Waals surface area contributed by atoms with Crippen LogP contribution in [0.15, 0.2) is 18.2 Å². The molecule has 1 aromatic rings. The van der Waals surface area contributed by atoms with E-state index in [-0.39, 0.29) is 17.2 Å². The molecule has 2 aliphatic rings. The maximum absolute atomic E-state index is 12.4. The van der Waals surface area contributed by atoms with Crippen molar-refractivity contribution in [2.45, 2.75) is 26.7 Å². The van der Waals surface area contributed by atoms with Crippen LogP contribution in [0.2, 0.25) is 10.0 Å². The van der Waals surface area contributed by atoms with Crippen LogP contribution in [0.4, 0.5) is 5.69 Å². The standard InChI is InChI=1S/C20H26Cl2N3O2/c1-3-20(2)13-18(26)25(19(27)14-20)11-8-23-6-9-24(10-7-23)17-12-15(21)4-5-16(17)22/h4-5,12-13H,3,6-11,14H2,1-2H3. The van der Waals surface area contributed by atoms with E-state index in [2.05, 4.69) is 9.80 Å². The van der Waals surface area contributed by atoms with E-state index >= 15 is 0 Å². The van der Waals surface area contributed by atoms with E-state index in [1.165, 1.54) is 4.90 Å². The van der Waals surface area contributed by atoms with E-state index in [1.54, 1.807) is 12.5 Å². The highest BCUT2D eigenvalue weighted by Gasteiger charge is 2.39. The van der Waals surface area contributed by atoms with Gasteiger partial charge in [0.05, 0.1) is 17.1 Å². The monoisotopic (exact) mass is 410 g/mol. The number of rotatable bonds is 5. The van der Waals surface area contributed by atoms with Crippen LogP contribution >= 0.6 is 23.2 Å². The minimum atomic E-state index is -0.299. The van der Waals surface area contributed by atoms with Gasteiger partial charge in [0.1, 0.15) is 0 Å². The molecule has 3 rings (SSSR count). The zero-order valence-corrected chi connectivity index (χ0v) is 17.4. The van der Waals surface area contributed by atoms with Crippen molar-refractivity contribution in [1.29, 1.82) is 0 Å². The van der Waals surface area contributed by atoms with Crippen molar-refractivity contribution in [1.82, 2.24) is 9.80 Å². The van der Waals surface area contributed by atoms with Gasteiger partial charge in [-0.1, -0.05) is 37.0 Å². The maximum Gasteiger partial charge on any atom is 0.233 e. The van der Waals surface area contributed by atoms with Gasteiger partial charge in [-0.3, -0.25) is 19.4 Å². The van der Waals surface area contributed by atoms with Crippen molar-refractivity contribution < 1.29 is 9.59 Å². The Balaban J connectivity index is 1.51. The summed E-state index contributed by atoms with van der Waals surface area (Å²) in [4.78, 5) is 30.6. The first-order valence-corrected chi connectivity index (χ1v) is 10.2. The SMILES string of the molecule is CCC1(C)[CH]C(=O)N(CCN2CCN(c3cc(Cl)ccc3Cl)CC2)C(=O)C1. The lowest BCUT2D eigenvalue weighted by Crippen LogP contribution is -2.52. The third-order valence-corrected chi connectivity index (χ3v) is 6.22. The molecule has 0 saturated carbocycles. The molecule has 1 unspecified atom stereocenters. The Hall–Kier alpha value is -1.30. The number of hydrogen-bond donors (Lipinski definition) is 0. The molecular weight excluding hydrogens is 385 g/mol. The van der Waals surface area contributed by atoms with E-state index in [0.29, 0.717) is 29.6 Å². The molecule has 0 aromatic heterocycles. The summed E-state index contributed by atoms with van der Waals surface area (Å²) in [6, 6.07) is 5.50. The topological polar surface area (TPSA) is 43.9 Å². The molecule has 2 aliphatic heterocycles. The molecule has 2 fully saturated rings. The van der Waals surface area contributed by atoms with Crippen molar-refractivity contribution in [2.75, 3.05) is 44.2 Å². The van der Waals surface area contributed by atoms with Gasteiger partial charge in [0.25, 0.3) is 0 Å². The van der Waals surface area contributed by atoms with Gasteiger partial charge in [-0.25, -0.2) is 0 Å². The van der Waals surface area contributed by atoms with Crippen LogP contribution < -0.4 is 4.90 Å². The van der Waals surface area contributed by atoms with Gasteiger partial charge in [0.2, 0.25) is 11.8 Å². The van der Waals surface area contributed by atoms with E-state index in [0.717, 1.165) is 38.3 Å². The maximum atomic E-state index is 12.4. The van der Waals surface area contributed by atoms with Crippen LogP contribution in [0.1, 0.15) is 26.7 Å². The smallest absolute Gasteiger partial charge is 0.233 e. The predicted octanol–water partition coefficient (Wildman–Crippen LogP) is 3.49. The second-order valence-electron chi connectivity index (χ2n) is 7.64. The Morgan fingerprint density at radius 3 is 2.41 bits per heavy atom. The van der Waals surface area contributed by atoms with E-state index in [1.807, 2.05) is 26.0 Å². The largest absolute Gasteiger partial charge is 0.368 e. The average molecular weight is 411 g/mol. The molecule has 2 amide bonds. The van der Waals surface area contributed by atoms with Crippen molar-refractivity contribution in [3.63, 3.8) is 0 Å². The Labute approximate surface area is 171 Å². The zero-order chi connectivity index (χ0) is 19.6. The number of benzene rings is 1. The van der Waals surface area contributed by atoms with Gasteiger partial charge in [-0.2, -0.15) is 0 Å². The van der Waals surface area contributed by atoms with Crippen LogP contribution in [0.3, 0.4) is 0 Å². The molecule has 0 spiro atoms. The van der Waals surface area contributed by atoms with Crippen molar-refractivity contribution in [3.8, 4) is 0 Å². The molecule has 5 nitrogen and oxygen atoms in total. The summed E-state index contributed by atoms with van der Waals surface area (Å²) in [7, 11) is 0. The third kappa shape index (κ3) is 4.76. The van der Waals surface area contributed by atoms with Crippen LogP contribution in [0.5, 0.6) is 0 Å². The van der Waals surface area contributed by atoms with Gasteiger partial charge in [-0.15, -0.1) is 0 Å². The molecule has 1 atom stereocenters. The number of nitrogens with zero attached hydrogens (tertiary/aromatic N) is 3. The molecule has 7 heteroatoms. The lowest BCUT2D eigenvalue weighted by molar-refractivity contribution is -0.148. The number of anilines is 1. The summed E-state index contributed by atoms with van der Waals surface area (Å²) in [5.74, 6) is -0.212. The van der Waals surface area contributed by atoms with Gasteiger partial charge in [0.15, 0.2) is 0 Å². The lowest BCUT2D eigenvalue weighted by atomic mass is 9.77. The van der Waals surface area contributed by atoms with Gasteiger partial charge in [-0.05, 0) is 30.0 Å². The summed E-state index contributed by atoms with van der Waals surface area (Å²) in [5.41, 5.74) is 0.658. The molecule has 2 heterocycles. The minimum Gasteiger partial charge on any atom is -0.368 e. The highest BCUT2D eigenvalue weighted by Crippen LogP contribution is 2.34. The number of hydrogen-bond acceptors (Lipinski definition) is 4. The second kappa shape index (κ2) is 8.38. The normalized spacial score (nSPS) is 21.0. The number of piperidine rings is 1. The number of carbonyl (C=O) groups excluding carboxylic acids is 2. The molecular formula is C20H26Cl2N3O2. The first-order chi connectivity index (χ1) is 12.8. The van der Waals surface area contributed by atoms with E-state index in [9.17, 15) is 9.59 Å². The summed E-state index contributed by atoms with van der Waals surface area (Å²) in [6.45, 7) is 8.52. The van der Waals surface area contributed by atoms with Crippen molar-refractivity contribution in [2.24, 2.45) is 5.41 Å². The van der Waals surface area contributed by atoms with Gasteiger partial charge < -0.3 is 4.90 Å². The molecule has 2 saturated heterocycles. The summed E-state index contributed by atoms with van der Waals surface area (Å²) < 4.78 is 0. The molecule has 0 N–H and O–H groups in total. The number of piperazine rings is 1. The molecule has 147 valence electrons.